The average molecular weight is 249 g/mol. The highest BCUT2D eigenvalue weighted by Crippen LogP contribution is 2.31. The summed E-state index contributed by atoms with van der Waals surface area (Å²) in [6.07, 6.45) is 3.06. The minimum Gasteiger partial charge on any atom is -0.508 e. The maximum atomic E-state index is 9.63. The number of methoxy groups -OCH3 is 1. The Kier molecular flexibility index (Phi) is 3.93. The van der Waals surface area contributed by atoms with Crippen molar-refractivity contribution in [1.82, 2.24) is 5.32 Å². The maximum absolute atomic E-state index is 9.63. The van der Waals surface area contributed by atoms with Crippen molar-refractivity contribution in [2.75, 3.05) is 13.7 Å². The van der Waals surface area contributed by atoms with Gasteiger partial charge in [-0.3, -0.25) is 0 Å². The molecule has 0 saturated carbocycles. The predicted molar refractivity (Wildman–Crippen MR) is 72.9 cm³/mol. The fourth-order valence-corrected chi connectivity index (χ4v) is 2.48. The standard InChI is InChI=1S/C15H23NO2/c1-15(2,18-3)8-6-14-13-10-12(17)5-4-11(13)7-9-16-14/h4-5,10,14,16-17H,6-9H2,1-3H3. The van der Waals surface area contributed by atoms with Crippen LogP contribution in [0.3, 0.4) is 0 Å². The molecule has 1 aromatic rings. The van der Waals surface area contributed by atoms with Crippen molar-refractivity contribution in [2.45, 2.75) is 44.8 Å². The molecule has 2 N–H and O–H groups in total. The molecule has 1 unspecified atom stereocenters. The summed E-state index contributed by atoms with van der Waals surface area (Å²) in [7, 11) is 1.76. The number of ether oxygens (including phenoxy) is 1. The molecule has 100 valence electrons. The zero-order valence-corrected chi connectivity index (χ0v) is 11.5. The molecular formula is C15H23NO2. The van der Waals surface area contributed by atoms with Crippen molar-refractivity contribution in [1.29, 1.82) is 0 Å². The second-order valence-corrected chi connectivity index (χ2v) is 5.64. The predicted octanol–water partition coefficient (Wildman–Crippen LogP) is 2.78. The van der Waals surface area contributed by atoms with E-state index in [2.05, 4.69) is 19.2 Å². The first-order chi connectivity index (χ1) is 8.52. The van der Waals surface area contributed by atoms with Gasteiger partial charge in [-0.1, -0.05) is 6.07 Å². The molecular weight excluding hydrogens is 226 g/mol. The number of hydrogen-bond donors (Lipinski definition) is 2. The van der Waals surface area contributed by atoms with Gasteiger partial charge in [0.2, 0.25) is 0 Å². The first kappa shape index (κ1) is 13.4. The second kappa shape index (κ2) is 5.29. The highest BCUT2D eigenvalue weighted by Gasteiger charge is 2.24. The molecule has 1 aliphatic heterocycles. The summed E-state index contributed by atoms with van der Waals surface area (Å²) < 4.78 is 5.46. The molecule has 3 nitrogen and oxygen atoms in total. The van der Waals surface area contributed by atoms with Crippen LogP contribution in [-0.4, -0.2) is 24.4 Å². The Morgan fingerprint density at radius 1 is 1.44 bits per heavy atom. The second-order valence-electron chi connectivity index (χ2n) is 5.64. The van der Waals surface area contributed by atoms with E-state index in [0.29, 0.717) is 11.8 Å². The van der Waals surface area contributed by atoms with Crippen LogP contribution in [0.5, 0.6) is 5.75 Å². The summed E-state index contributed by atoms with van der Waals surface area (Å²) in [6.45, 7) is 5.23. The fraction of sp³-hybridized carbons (Fsp3) is 0.600. The maximum Gasteiger partial charge on any atom is 0.115 e. The third kappa shape index (κ3) is 3.03. The van der Waals surface area contributed by atoms with E-state index in [4.69, 9.17) is 4.74 Å². The summed E-state index contributed by atoms with van der Waals surface area (Å²) in [4.78, 5) is 0. The van der Waals surface area contributed by atoms with Crippen LogP contribution in [-0.2, 0) is 11.2 Å². The van der Waals surface area contributed by atoms with Crippen LogP contribution in [0.4, 0.5) is 0 Å². The van der Waals surface area contributed by atoms with Gasteiger partial charge in [0.25, 0.3) is 0 Å². The zero-order chi connectivity index (χ0) is 13.2. The summed E-state index contributed by atoms with van der Waals surface area (Å²) in [5.74, 6) is 0.355. The normalized spacial score (nSPS) is 19.6. The van der Waals surface area contributed by atoms with Gasteiger partial charge >= 0.3 is 0 Å². The number of nitrogens with one attached hydrogen (secondary N) is 1. The highest BCUT2D eigenvalue weighted by molar-refractivity contribution is 5.38. The molecule has 0 fully saturated rings. The Hall–Kier alpha value is -1.06. The summed E-state index contributed by atoms with van der Waals surface area (Å²) >= 11 is 0. The van der Waals surface area contributed by atoms with Crippen LogP contribution in [0, 0.1) is 0 Å². The number of benzene rings is 1. The van der Waals surface area contributed by atoms with Crippen molar-refractivity contribution in [2.24, 2.45) is 0 Å². The van der Waals surface area contributed by atoms with Gasteiger partial charge in [0.15, 0.2) is 0 Å². The first-order valence-electron chi connectivity index (χ1n) is 6.62. The van der Waals surface area contributed by atoms with Crippen molar-refractivity contribution in [3.63, 3.8) is 0 Å². The molecule has 0 aliphatic carbocycles. The molecule has 0 saturated heterocycles. The molecule has 1 atom stereocenters. The SMILES string of the molecule is COC(C)(C)CCC1NCCc2ccc(O)cc21. The topological polar surface area (TPSA) is 41.5 Å². The van der Waals surface area contributed by atoms with Crippen LogP contribution >= 0.6 is 0 Å². The Morgan fingerprint density at radius 2 is 2.22 bits per heavy atom. The van der Waals surface area contributed by atoms with Gasteiger partial charge in [-0.2, -0.15) is 0 Å². The van der Waals surface area contributed by atoms with Crippen LogP contribution in [0.2, 0.25) is 0 Å². The molecule has 1 aliphatic rings. The lowest BCUT2D eigenvalue weighted by Crippen LogP contribution is -2.32. The molecule has 18 heavy (non-hydrogen) atoms. The van der Waals surface area contributed by atoms with E-state index in [1.54, 1.807) is 13.2 Å². The highest BCUT2D eigenvalue weighted by atomic mass is 16.5. The third-order valence-electron chi connectivity index (χ3n) is 3.88. The molecule has 0 bridgehead atoms. The lowest BCUT2D eigenvalue weighted by Gasteiger charge is -2.30. The molecule has 0 spiro atoms. The van der Waals surface area contributed by atoms with Crippen LogP contribution < -0.4 is 5.32 Å². The van der Waals surface area contributed by atoms with Gasteiger partial charge in [-0.05, 0) is 62.9 Å². The smallest absolute Gasteiger partial charge is 0.115 e. The van der Waals surface area contributed by atoms with Crippen molar-refractivity contribution in [3.05, 3.63) is 29.3 Å². The van der Waals surface area contributed by atoms with Gasteiger partial charge in [-0.15, -0.1) is 0 Å². The molecule has 3 heteroatoms. The number of phenols is 1. The van der Waals surface area contributed by atoms with Crippen LogP contribution in [0.15, 0.2) is 18.2 Å². The Balaban J connectivity index is 2.10. The lowest BCUT2D eigenvalue weighted by atomic mass is 9.89. The molecule has 0 amide bonds. The summed E-state index contributed by atoms with van der Waals surface area (Å²) in [5, 5.41) is 13.2. The Bertz CT molecular complexity index is 415. The average Bonchev–Trinajstić information content (AvgIpc) is 2.36. The van der Waals surface area contributed by atoms with E-state index < -0.39 is 0 Å². The summed E-state index contributed by atoms with van der Waals surface area (Å²) in [5.41, 5.74) is 2.51. The first-order valence-corrected chi connectivity index (χ1v) is 6.62. The van der Waals surface area contributed by atoms with Gasteiger partial charge < -0.3 is 15.2 Å². The van der Waals surface area contributed by atoms with Gasteiger partial charge in [0.1, 0.15) is 5.75 Å². The van der Waals surface area contributed by atoms with E-state index in [9.17, 15) is 5.11 Å². The molecule has 1 aromatic carbocycles. The van der Waals surface area contributed by atoms with Crippen LogP contribution in [0.25, 0.3) is 0 Å². The Morgan fingerprint density at radius 3 is 2.94 bits per heavy atom. The van der Waals surface area contributed by atoms with Gasteiger partial charge in [0.05, 0.1) is 5.60 Å². The third-order valence-corrected chi connectivity index (χ3v) is 3.88. The van der Waals surface area contributed by atoms with Crippen molar-refractivity contribution >= 4 is 0 Å². The number of hydrogen-bond acceptors (Lipinski definition) is 3. The van der Waals surface area contributed by atoms with E-state index >= 15 is 0 Å². The number of rotatable bonds is 4. The minimum absolute atomic E-state index is 0.0872. The molecule has 2 rings (SSSR count). The fourth-order valence-electron chi connectivity index (χ4n) is 2.48. The monoisotopic (exact) mass is 249 g/mol. The van der Waals surface area contributed by atoms with E-state index in [0.717, 1.165) is 25.8 Å². The van der Waals surface area contributed by atoms with E-state index in [1.807, 2.05) is 12.1 Å². The zero-order valence-electron chi connectivity index (χ0n) is 11.5. The van der Waals surface area contributed by atoms with Crippen LogP contribution in [0.1, 0.15) is 43.9 Å². The quantitative estimate of drug-likeness (QED) is 0.862. The summed E-state index contributed by atoms with van der Waals surface area (Å²) in [6, 6.07) is 6.04. The Labute approximate surface area is 109 Å². The van der Waals surface area contributed by atoms with Crippen molar-refractivity contribution in [3.8, 4) is 5.75 Å². The number of fused-ring (bicyclic) bond motifs is 1. The lowest BCUT2D eigenvalue weighted by molar-refractivity contribution is 0.0115. The van der Waals surface area contributed by atoms with Gasteiger partial charge in [0, 0.05) is 13.2 Å². The van der Waals surface area contributed by atoms with Crippen molar-refractivity contribution < 1.29 is 9.84 Å². The molecule has 1 heterocycles. The van der Waals surface area contributed by atoms with E-state index in [1.165, 1.54) is 11.1 Å². The number of aromatic hydroxyl groups is 1. The molecule has 0 aromatic heterocycles. The molecule has 0 radical (unpaired) electrons. The number of phenolic OH excluding ortho intramolecular Hbond substituents is 1. The van der Waals surface area contributed by atoms with E-state index in [-0.39, 0.29) is 5.60 Å². The van der Waals surface area contributed by atoms with Gasteiger partial charge in [-0.25, -0.2) is 0 Å². The largest absolute Gasteiger partial charge is 0.508 e. The minimum atomic E-state index is -0.0872.